The zero-order valence-corrected chi connectivity index (χ0v) is 10.7. The van der Waals surface area contributed by atoms with E-state index < -0.39 is 0 Å². The summed E-state index contributed by atoms with van der Waals surface area (Å²) >= 11 is 2.22. The first-order valence-corrected chi connectivity index (χ1v) is 5.73. The monoisotopic (exact) mass is 338 g/mol. The van der Waals surface area contributed by atoms with Crippen molar-refractivity contribution in [3.05, 3.63) is 39.9 Å². The summed E-state index contributed by atoms with van der Waals surface area (Å²) in [4.78, 5) is 0. The molecule has 0 spiro atoms. The van der Waals surface area contributed by atoms with Crippen LogP contribution in [0, 0.1) is 14.9 Å². The molecule has 0 amide bonds. The average Bonchev–Trinajstić information content (AvgIpc) is 2.84. The fourth-order valence-corrected chi connectivity index (χ4v) is 1.70. The van der Waals surface area contributed by atoms with Crippen LogP contribution in [0.1, 0.15) is 5.82 Å². The smallest absolute Gasteiger partial charge is 0.216 e. The number of allylic oxidation sites excluding steroid dienone is 1. The molecule has 6 nitrogen and oxygen atoms in total. The molecule has 2 aromatic rings. The molecule has 0 aliphatic rings. The Labute approximate surface area is 111 Å². The van der Waals surface area contributed by atoms with Crippen molar-refractivity contribution in [1.29, 1.82) is 5.26 Å². The number of benzene rings is 1. The first-order chi connectivity index (χ1) is 8.29. The van der Waals surface area contributed by atoms with Crippen molar-refractivity contribution in [2.75, 3.05) is 5.32 Å². The van der Waals surface area contributed by atoms with Gasteiger partial charge in [-0.15, -0.1) is 10.2 Å². The lowest BCUT2D eigenvalue weighted by atomic mass is 10.3. The highest BCUT2D eigenvalue weighted by Crippen LogP contribution is 2.14. The van der Waals surface area contributed by atoms with E-state index in [2.05, 4.69) is 48.5 Å². The zero-order valence-electron chi connectivity index (χ0n) is 8.55. The number of rotatable bonds is 3. The van der Waals surface area contributed by atoms with E-state index in [-0.39, 0.29) is 5.82 Å². The first kappa shape index (κ1) is 11.5. The van der Waals surface area contributed by atoms with Crippen LogP contribution < -0.4 is 5.32 Å². The third-order valence-corrected chi connectivity index (χ3v) is 2.59. The summed E-state index contributed by atoms with van der Waals surface area (Å²) in [5.74, 6) is 0.269. The van der Waals surface area contributed by atoms with Crippen LogP contribution in [0.25, 0.3) is 5.57 Å². The maximum absolute atomic E-state index is 8.95. The summed E-state index contributed by atoms with van der Waals surface area (Å²) < 4.78 is 1.11. The van der Waals surface area contributed by atoms with E-state index in [9.17, 15) is 0 Å². The molecule has 0 aliphatic heterocycles. The maximum Gasteiger partial charge on any atom is 0.216 e. The number of tetrazole rings is 1. The van der Waals surface area contributed by atoms with Gasteiger partial charge >= 0.3 is 0 Å². The van der Waals surface area contributed by atoms with Gasteiger partial charge in [-0.3, -0.25) is 0 Å². The van der Waals surface area contributed by atoms with Gasteiger partial charge in [-0.2, -0.15) is 10.5 Å². The second-order valence-corrected chi connectivity index (χ2v) is 4.31. The van der Waals surface area contributed by atoms with E-state index in [1.807, 2.05) is 30.3 Å². The summed E-state index contributed by atoms with van der Waals surface area (Å²) in [6, 6.07) is 9.78. The quantitative estimate of drug-likeness (QED) is 0.658. The Morgan fingerprint density at radius 2 is 2.41 bits per heavy atom. The molecule has 0 unspecified atom stereocenters. The molecule has 0 radical (unpaired) electrons. The maximum atomic E-state index is 8.95. The van der Waals surface area contributed by atoms with Crippen LogP contribution in [0.4, 0.5) is 5.69 Å². The first-order valence-electron chi connectivity index (χ1n) is 4.66. The van der Waals surface area contributed by atoms with Gasteiger partial charge in [0.05, 0.1) is 0 Å². The highest BCUT2D eigenvalue weighted by Gasteiger charge is 2.04. The van der Waals surface area contributed by atoms with Crippen LogP contribution in [-0.4, -0.2) is 20.6 Å². The lowest BCUT2D eigenvalue weighted by Crippen LogP contribution is -1.93. The van der Waals surface area contributed by atoms with Crippen molar-refractivity contribution >= 4 is 33.9 Å². The molecule has 1 aromatic heterocycles. The molecular formula is C10H7IN6. The summed E-state index contributed by atoms with van der Waals surface area (Å²) in [7, 11) is 0. The number of aromatic amines is 1. The summed E-state index contributed by atoms with van der Waals surface area (Å²) in [5, 5.41) is 25.1. The molecule has 1 aromatic carbocycles. The average molecular weight is 338 g/mol. The Hall–Kier alpha value is -1.95. The third kappa shape index (κ3) is 3.01. The number of hydrogen-bond acceptors (Lipinski definition) is 5. The van der Waals surface area contributed by atoms with Crippen LogP contribution in [0.2, 0.25) is 0 Å². The number of nitriles is 1. The van der Waals surface area contributed by atoms with Gasteiger partial charge in [0.25, 0.3) is 0 Å². The second kappa shape index (κ2) is 5.40. The van der Waals surface area contributed by atoms with Crippen molar-refractivity contribution < 1.29 is 0 Å². The molecule has 84 valence electrons. The van der Waals surface area contributed by atoms with Crippen molar-refractivity contribution in [2.45, 2.75) is 0 Å². The molecule has 17 heavy (non-hydrogen) atoms. The van der Waals surface area contributed by atoms with Gasteiger partial charge in [0.1, 0.15) is 11.6 Å². The number of anilines is 1. The highest BCUT2D eigenvalue weighted by atomic mass is 127. The SMILES string of the molecule is N#CC(=CNc1cccc(I)c1)c1nn[nH]n1. The molecule has 1 heterocycles. The number of H-pyrrole nitrogens is 1. The molecule has 2 N–H and O–H groups in total. The fraction of sp³-hybridized carbons (Fsp3) is 0. The van der Waals surface area contributed by atoms with E-state index in [1.165, 1.54) is 0 Å². The number of nitrogens with zero attached hydrogens (tertiary/aromatic N) is 4. The molecule has 0 bridgehead atoms. The van der Waals surface area contributed by atoms with Gasteiger partial charge in [0, 0.05) is 15.5 Å². The number of aromatic nitrogens is 4. The summed E-state index contributed by atoms with van der Waals surface area (Å²) in [6.07, 6.45) is 1.55. The standard InChI is InChI=1S/C10H7IN6/c11-8-2-1-3-9(4-8)13-6-7(5-12)10-14-16-17-15-10/h1-4,6,13H,(H,14,15,16,17). The van der Waals surface area contributed by atoms with Gasteiger partial charge in [0.15, 0.2) is 0 Å². The lowest BCUT2D eigenvalue weighted by Gasteiger charge is -2.01. The van der Waals surface area contributed by atoms with Crippen LogP contribution in [0.15, 0.2) is 30.5 Å². The van der Waals surface area contributed by atoms with Crippen LogP contribution in [-0.2, 0) is 0 Å². The molecule has 0 atom stereocenters. The third-order valence-electron chi connectivity index (χ3n) is 1.91. The van der Waals surface area contributed by atoms with Gasteiger partial charge in [-0.1, -0.05) is 6.07 Å². The number of hydrogen-bond donors (Lipinski definition) is 2. The molecule has 7 heteroatoms. The van der Waals surface area contributed by atoms with Crippen molar-refractivity contribution in [3.63, 3.8) is 0 Å². The largest absolute Gasteiger partial charge is 0.360 e. The van der Waals surface area contributed by atoms with Crippen molar-refractivity contribution in [2.24, 2.45) is 0 Å². The minimum atomic E-state index is 0.269. The topological polar surface area (TPSA) is 90.3 Å². The minimum absolute atomic E-state index is 0.269. The summed E-state index contributed by atoms with van der Waals surface area (Å²) in [6.45, 7) is 0. The Morgan fingerprint density at radius 1 is 1.53 bits per heavy atom. The van der Waals surface area contributed by atoms with Gasteiger partial charge < -0.3 is 5.32 Å². The van der Waals surface area contributed by atoms with Crippen molar-refractivity contribution in [1.82, 2.24) is 20.6 Å². The Balaban J connectivity index is 2.17. The van der Waals surface area contributed by atoms with E-state index >= 15 is 0 Å². The van der Waals surface area contributed by atoms with E-state index in [4.69, 9.17) is 5.26 Å². The van der Waals surface area contributed by atoms with E-state index in [1.54, 1.807) is 6.20 Å². The van der Waals surface area contributed by atoms with Crippen LogP contribution in [0.3, 0.4) is 0 Å². The zero-order chi connectivity index (χ0) is 12.1. The molecule has 0 aliphatic carbocycles. The van der Waals surface area contributed by atoms with Gasteiger partial charge in [-0.25, -0.2) is 0 Å². The van der Waals surface area contributed by atoms with Crippen LogP contribution >= 0.6 is 22.6 Å². The highest BCUT2D eigenvalue weighted by molar-refractivity contribution is 14.1. The van der Waals surface area contributed by atoms with Gasteiger partial charge in [0.2, 0.25) is 5.82 Å². The van der Waals surface area contributed by atoms with Crippen molar-refractivity contribution in [3.8, 4) is 6.07 Å². The van der Waals surface area contributed by atoms with E-state index in [0.29, 0.717) is 5.57 Å². The molecule has 0 saturated heterocycles. The lowest BCUT2D eigenvalue weighted by molar-refractivity contribution is 0.881. The predicted octanol–water partition coefficient (Wildman–Crippen LogP) is 1.78. The minimum Gasteiger partial charge on any atom is -0.360 e. The second-order valence-electron chi connectivity index (χ2n) is 3.06. The number of nitrogens with one attached hydrogen (secondary N) is 2. The van der Waals surface area contributed by atoms with Gasteiger partial charge in [-0.05, 0) is 46.0 Å². The van der Waals surface area contributed by atoms with Crippen LogP contribution in [0.5, 0.6) is 0 Å². The molecule has 0 fully saturated rings. The molecule has 0 saturated carbocycles. The normalized spacial score (nSPS) is 10.9. The fourth-order valence-electron chi connectivity index (χ4n) is 1.16. The molecule has 2 rings (SSSR count). The predicted molar refractivity (Wildman–Crippen MR) is 70.5 cm³/mol. The Morgan fingerprint density at radius 3 is 3.06 bits per heavy atom. The number of halogens is 1. The summed E-state index contributed by atoms with van der Waals surface area (Å²) in [5.41, 5.74) is 1.21. The molecular weight excluding hydrogens is 331 g/mol. The Kier molecular flexibility index (Phi) is 3.66. The Bertz CT molecular complexity index is 569. The van der Waals surface area contributed by atoms with E-state index in [0.717, 1.165) is 9.26 Å².